The molecule has 0 radical (unpaired) electrons. The van der Waals surface area contributed by atoms with Crippen LogP contribution in [0.15, 0.2) is 12.3 Å². The average Bonchev–Trinajstić information content (AvgIpc) is 2.53. The van der Waals surface area contributed by atoms with E-state index in [9.17, 15) is 4.79 Å². The van der Waals surface area contributed by atoms with Crippen LogP contribution in [0.4, 0.5) is 5.82 Å². The first-order valence-corrected chi connectivity index (χ1v) is 8.75. The predicted molar refractivity (Wildman–Crippen MR) is 87.5 cm³/mol. The second kappa shape index (κ2) is 8.46. The number of anilines is 1. The van der Waals surface area contributed by atoms with E-state index in [1.54, 1.807) is 17.2 Å². The number of halogens is 1. The van der Waals surface area contributed by atoms with E-state index in [1.807, 2.05) is 11.8 Å². The van der Waals surface area contributed by atoms with E-state index in [0.717, 1.165) is 18.7 Å². The molecular weight excluding hydrogens is 310 g/mol. The van der Waals surface area contributed by atoms with Crippen molar-refractivity contribution >= 4 is 35.1 Å². The van der Waals surface area contributed by atoms with Gasteiger partial charge in [0.2, 0.25) is 0 Å². The standard InChI is InChI=1S/C14H20ClN3O2S/c1-21-8-2-3-16-13-12(15)9-11(10-17-13)14(19)18-4-6-20-7-5-18/h9-10H,2-8H2,1H3,(H,16,17). The molecule has 0 aromatic carbocycles. The van der Waals surface area contributed by atoms with Gasteiger partial charge in [0.05, 0.1) is 23.8 Å². The fourth-order valence-electron chi connectivity index (χ4n) is 2.06. The number of hydrogen-bond donors (Lipinski definition) is 1. The minimum absolute atomic E-state index is 0.0402. The lowest BCUT2D eigenvalue weighted by Crippen LogP contribution is -2.40. The summed E-state index contributed by atoms with van der Waals surface area (Å²) in [7, 11) is 0. The third-order valence-corrected chi connectivity index (χ3v) is 4.19. The lowest BCUT2D eigenvalue weighted by Gasteiger charge is -2.26. The highest BCUT2D eigenvalue weighted by molar-refractivity contribution is 7.98. The van der Waals surface area contributed by atoms with E-state index in [1.165, 1.54) is 0 Å². The summed E-state index contributed by atoms with van der Waals surface area (Å²) in [6.07, 6.45) is 4.71. The largest absolute Gasteiger partial charge is 0.378 e. The maximum atomic E-state index is 12.3. The van der Waals surface area contributed by atoms with Gasteiger partial charge in [0, 0.05) is 25.8 Å². The molecule has 116 valence electrons. The van der Waals surface area contributed by atoms with E-state index in [0.29, 0.717) is 42.7 Å². The normalized spacial score (nSPS) is 15.0. The third kappa shape index (κ3) is 4.76. The van der Waals surface area contributed by atoms with Gasteiger partial charge in [-0.25, -0.2) is 4.98 Å². The first-order valence-electron chi connectivity index (χ1n) is 6.97. The molecule has 1 amide bonds. The summed E-state index contributed by atoms with van der Waals surface area (Å²) in [4.78, 5) is 18.3. The van der Waals surface area contributed by atoms with Crippen molar-refractivity contribution in [3.8, 4) is 0 Å². The number of aromatic nitrogens is 1. The van der Waals surface area contributed by atoms with Gasteiger partial charge < -0.3 is 15.0 Å². The Labute approximate surface area is 134 Å². The Morgan fingerprint density at radius 2 is 2.29 bits per heavy atom. The predicted octanol–water partition coefficient (Wildman–Crippen LogP) is 2.37. The monoisotopic (exact) mass is 329 g/mol. The van der Waals surface area contributed by atoms with Gasteiger partial charge in [0.1, 0.15) is 5.82 Å². The number of thioether (sulfide) groups is 1. The number of rotatable bonds is 6. The molecule has 0 atom stereocenters. The van der Waals surface area contributed by atoms with Gasteiger partial charge in [-0.15, -0.1) is 0 Å². The molecule has 2 heterocycles. The molecule has 7 heteroatoms. The second-order valence-corrected chi connectivity index (χ2v) is 6.12. The number of ether oxygens (including phenoxy) is 1. The number of hydrogen-bond acceptors (Lipinski definition) is 5. The van der Waals surface area contributed by atoms with Crippen molar-refractivity contribution in [1.29, 1.82) is 0 Å². The summed E-state index contributed by atoms with van der Waals surface area (Å²) in [6, 6.07) is 1.68. The molecule has 1 aliphatic heterocycles. The van der Waals surface area contributed by atoms with Crippen molar-refractivity contribution in [2.24, 2.45) is 0 Å². The van der Waals surface area contributed by atoms with E-state index in [-0.39, 0.29) is 5.91 Å². The molecule has 0 saturated carbocycles. The SMILES string of the molecule is CSCCCNc1ncc(C(=O)N2CCOCC2)cc1Cl. The van der Waals surface area contributed by atoms with Gasteiger partial charge in [-0.1, -0.05) is 11.6 Å². The molecule has 1 fully saturated rings. The molecule has 0 aliphatic carbocycles. The number of nitrogens with zero attached hydrogens (tertiary/aromatic N) is 2. The molecule has 1 aromatic rings. The van der Waals surface area contributed by atoms with Crippen LogP contribution < -0.4 is 5.32 Å². The van der Waals surface area contributed by atoms with Crippen LogP contribution in [0.3, 0.4) is 0 Å². The number of pyridine rings is 1. The summed E-state index contributed by atoms with van der Waals surface area (Å²) in [5.41, 5.74) is 0.525. The summed E-state index contributed by atoms with van der Waals surface area (Å²) in [5.74, 6) is 1.69. The van der Waals surface area contributed by atoms with Crippen LogP contribution in [0.5, 0.6) is 0 Å². The third-order valence-electron chi connectivity index (χ3n) is 3.20. The Bertz CT molecular complexity index is 481. The van der Waals surface area contributed by atoms with Gasteiger partial charge >= 0.3 is 0 Å². The highest BCUT2D eigenvalue weighted by Gasteiger charge is 2.19. The topological polar surface area (TPSA) is 54.5 Å². The van der Waals surface area contributed by atoms with Crippen molar-refractivity contribution in [1.82, 2.24) is 9.88 Å². The summed E-state index contributed by atoms with van der Waals surface area (Å²) in [6.45, 7) is 3.23. The molecule has 1 aromatic heterocycles. The Morgan fingerprint density at radius 1 is 1.52 bits per heavy atom. The van der Waals surface area contributed by atoms with E-state index in [4.69, 9.17) is 16.3 Å². The number of carbonyl (C=O) groups is 1. The number of morpholine rings is 1. The van der Waals surface area contributed by atoms with Crippen molar-refractivity contribution < 1.29 is 9.53 Å². The highest BCUT2D eigenvalue weighted by atomic mass is 35.5. The zero-order valence-electron chi connectivity index (χ0n) is 12.1. The molecule has 1 aliphatic rings. The minimum atomic E-state index is -0.0402. The van der Waals surface area contributed by atoms with Gasteiger partial charge in [0.25, 0.3) is 5.91 Å². The molecule has 1 N–H and O–H groups in total. The summed E-state index contributed by atoms with van der Waals surface area (Å²) >= 11 is 8.01. The summed E-state index contributed by atoms with van der Waals surface area (Å²) in [5, 5.41) is 3.68. The number of nitrogens with one attached hydrogen (secondary N) is 1. The molecular formula is C14H20ClN3O2S. The van der Waals surface area contributed by atoms with Crippen molar-refractivity contribution in [3.63, 3.8) is 0 Å². The molecule has 0 spiro atoms. The maximum absolute atomic E-state index is 12.3. The van der Waals surface area contributed by atoms with Gasteiger partial charge in [-0.05, 0) is 24.5 Å². The van der Waals surface area contributed by atoms with Crippen LogP contribution in [0.2, 0.25) is 5.02 Å². The van der Waals surface area contributed by atoms with Crippen LogP contribution in [0.25, 0.3) is 0 Å². The van der Waals surface area contributed by atoms with Crippen molar-refractivity contribution in [2.75, 3.05) is 50.2 Å². The number of carbonyl (C=O) groups excluding carboxylic acids is 1. The van der Waals surface area contributed by atoms with Gasteiger partial charge in [0.15, 0.2) is 0 Å². The molecule has 0 unspecified atom stereocenters. The number of amides is 1. The quantitative estimate of drug-likeness (QED) is 0.812. The fourth-order valence-corrected chi connectivity index (χ4v) is 2.72. The van der Waals surface area contributed by atoms with Crippen LogP contribution >= 0.6 is 23.4 Å². The molecule has 2 rings (SSSR count). The molecule has 5 nitrogen and oxygen atoms in total. The maximum Gasteiger partial charge on any atom is 0.255 e. The second-order valence-electron chi connectivity index (χ2n) is 4.73. The molecule has 0 bridgehead atoms. The Hall–Kier alpha value is -0.980. The Balaban J connectivity index is 1.95. The van der Waals surface area contributed by atoms with Crippen LogP contribution in [0.1, 0.15) is 16.8 Å². The lowest BCUT2D eigenvalue weighted by atomic mass is 10.2. The van der Waals surface area contributed by atoms with E-state index >= 15 is 0 Å². The van der Waals surface area contributed by atoms with Crippen LogP contribution in [0, 0.1) is 0 Å². The smallest absolute Gasteiger partial charge is 0.255 e. The van der Waals surface area contributed by atoms with E-state index < -0.39 is 0 Å². The molecule has 1 saturated heterocycles. The van der Waals surface area contributed by atoms with Crippen LogP contribution in [-0.4, -0.2) is 60.6 Å². The Morgan fingerprint density at radius 3 is 2.95 bits per heavy atom. The van der Waals surface area contributed by atoms with Gasteiger partial charge in [-0.3, -0.25) is 4.79 Å². The van der Waals surface area contributed by atoms with Gasteiger partial charge in [-0.2, -0.15) is 11.8 Å². The molecule has 21 heavy (non-hydrogen) atoms. The van der Waals surface area contributed by atoms with E-state index in [2.05, 4.69) is 16.6 Å². The minimum Gasteiger partial charge on any atom is -0.378 e. The Kier molecular flexibility index (Phi) is 6.60. The zero-order valence-corrected chi connectivity index (χ0v) is 13.7. The highest BCUT2D eigenvalue weighted by Crippen LogP contribution is 2.21. The lowest BCUT2D eigenvalue weighted by molar-refractivity contribution is 0.0302. The first-order chi connectivity index (χ1) is 10.2. The first kappa shape index (κ1) is 16.4. The average molecular weight is 330 g/mol. The van der Waals surface area contributed by atoms with Crippen molar-refractivity contribution in [3.05, 3.63) is 22.8 Å². The summed E-state index contributed by atoms with van der Waals surface area (Å²) < 4.78 is 5.25. The van der Waals surface area contributed by atoms with Crippen molar-refractivity contribution in [2.45, 2.75) is 6.42 Å². The van der Waals surface area contributed by atoms with Crippen LogP contribution in [-0.2, 0) is 4.74 Å². The zero-order chi connectivity index (χ0) is 15.1. The fraction of sp³-hybridized carbons (Fsp3) is 0.571.